The molecule has 0 fully saturated rings. The van der Waals surface area contributed by atoms with Crippen molar-refractivity contribution < 1.29 is 0 Å². The summed E-state index contributed by atoms with van der Waals surface area (Å²) in [5.41, 5.74) is 15.9. The molecular weight excluding hydrogens is 709 g/mol. The van der Waals surface area contributed by atoms with E-state index in [1.807, 2.05) is 29.5 Å². The van der Waals surface area contributed by atoms with E-state index in [0.29, 0.717) is 5.82 Å². The van der Waals surface area contributed by atoms with Gasteiger partial charge in [-0.3, -0.25) is 0 Å². The first-order valence-corrected chi connectivity index (χ1v) is 20.3. The van der Waals surface area contributed by atoms with Gasteiger partial charge in [-0.25, -0.2) is 9.97 Å². The Labute approximate surface area is 336 Å². The predicted octanol–water partition coefficient (Wildman–Crippen LogP) is 14.5. The highest BCUT2D eigenvalue weighted by Crippen LogP contribution is 2.55. The molecule has 3 heteroatoms. The third-order valence-corrected chi connectivity index (χ3v) is 12.9. The van der Waals surface area contributed by atoms with E-state index in [1.165, 1.54) is 70.2 Å². The minimum absolute atomic E-state index is 0.308. The van der Waals surface area contributed by atoms with Crippen LogP contribution in [0.2, 0.25) is 0 Å². The quantitative estimate of drug-likeness (QED) is 0.169. The fourth-order valence-electron chi connectivity index (χ4n) is 8.96. The Morgan fingerprint density at radius 3 is 1.82 bits per heavy atom. The van der Waals surface area contributed by atoms with Gasteiger partial charge in [0.2, 0.25) is 0 Å². The molecule has 1 unspecified atom stereocenters. The van der Waals surface area contributed by atoms with Crippen molar-refractivity contribution in [2.24, 2.45) is 0 Å². The summed E-state index contributed by atoms with van der Waals surface area (Å²) in [5.74, 6) is 0.708. The fourth-order valence-corrected chi connectivity index (χ4v) is 10.0. The second-order valence-corrected chi connectivity index (χ2v) is 16.1. The molecule has 1 aliphatic carbocycles. The molecule has 0 saturated carbocycles. The van der Waals surface area contributed by atoms with Gasteiger partial charge < -0.3 is 0 Å². The zero-order valence-electron chi connectivity index (χ0n) is 31.4. The Bertz CT molecular complexity index is 3130. The van der Waals surface area contributed by atoms with E-state index in [0.717, 1.165) is 28.1 Å². The molecule has 0 N–H and O–H groups in total. The van der Waals surface area contributed by atoms with Crippen molar-refractivity contribution in [2.75, 3.05) is 0 Å². The average Bonchev–Trinajstić information content (AvgIpc) is 3.80. The van der Waals surface area contributed by atoms with Crippen molar-refractivity contribution >= 4 is 31.5 Å². The van der Waals surface area contributed by atoms with Crippen LogP contribution in [0.15, 0.2) is 200 Å². The van der Waals surface area contributed by atoms with E-state index >= 15 is 0 Å². The number of fused-ring (bicyclic) bond motifs is 6. The van der Waals surface area contributed by atoms with Gasteiger partial charge in [-0.1, -0.05) is 170 Å². The number of aromatic nitrogens is 2. The zero-order chi connectivity index (χ0) is 37.9. The van der Waals surface area contributed by atoms with E-state index in [9.17, 15) is 0 Å². The number of rotatable bonds is 6. The van der Waals surface area contributed by atoms with Crippen LogP contribution in [0, 0.1) is 0 Å². The Morgan fingerprint density at radius 1 is 0.386 bits per heavy atom. The van der Waals surface area contributed by atoms with Crippen LogP contribution >= 0.6 is 11.3 Å². The molecule has 57 heavy (non-hydrogen) atoms. The summed E-state index contributed by atoms with van der Waals surface area (Å²) in [5, 5.41) is 2.62. The van der Waals surface area contributed by atoms with Gasteiger partial charge in [0.25, 0.3) is 0 Å². The van der Waals surface area contributed by atoms with Gasteiger partial charge >= 0.3 is 0 Å². The monoisotopic (exact) mass is 744 g/mol. The number of hydrogen-bond donors (Lipinski definition) is 0. The Balaban J connectivity index is 1.01. The molecule has 11 rings (SSSR count). The van der Waals surface area contributed by atoms with Gasteiger partial charge in [-0.15, -0.1) is 11.3 Å². The number of nitrogens with zero attached hydrogens (tertiary/aromatic N) is 2. The maximum Gasteiger partial charge on any atom is 0.160 e. The van der Waals surface area contributed by atoms with Crippen LogP contribution in [0.1, 0.15) is 23.6 Å². The molecule has 0 saturated heterocycles. The largest absolute Gasteiger partial charge is 0.228 e. The van der Waals surface area contributed by atoms with Crippen LogP contribution in [-0.4, -0.2) is 9.97 Å². The molecule has 8 aromatic carbocycles. The Morgan fingerprint density at radius 2 is 0.982 bits per heavy atom. The number of thiophene rings is 1. The summed E-state index contributed by atoms with van der Waals surface area (Å²) in [6.07, 6.45) is 0. The highest BCUT2D eigenvalue weighted by molar-refractivity contribution is 7.25. The van der Waals surface area contributed by atoms with Gasteiger partial charge in [-0.2, -0.15) is 0 Å². The van der Waals surface area contributed by atoms with E-state index in [4.69, 9.17) is 9.97 Å². The smallest absolute Gasteiger partial charge is 0.160 e. The van der Waals surface area contributed by atoms with E-state index in [-0.39, 0.29) is 5.41 Å². The standard InChI is InChI=1S/C54H36N2S/c1-54(41-18-6-3-7-19-41)47-24-10-8-20-43(47)45-23-13-22-42(52(45)54)39-16-12-17-40(32-39)49-34-48(55-53(56-49)37-14-4-2-5-15-37)36-28-26-35(27-29-36)38-30-31-51-46(33-38)44-21-9-11-25-50(44)57-51/h2-34H,1H3. The SMILES string of the molecule is CC1(c2ccccc2)c2ccccc2-c2cccc(-c3cccc(-c4cc(-c5ccc(-c6ccc7sc8ccccc8c7c6)cc5)nc(-c5ccccc5)n4)c3)c21. The average molecular weight is 745 g/mol. The lowest BCUT2D eigenvalue weighted by atomic mass is 9.72. The molecule has 2 nitrogen and oxygen atoms in total. The van der Waals surface area contributed by atoms with Gasteiger partial charge in [0, 0.05) is 42.3 Å². The summed E-state index contributed by atoms with van der Waals surface area (Å²) in [6, 6.07) is 72.2. The van der Waals surface area contributed by atoms with Crippen LogP contribution in [0.4, 0.5) is 0 Å². The van der Waals surface area contributed by atoms with E-state index in [1.54, 1.807) is 0 Å². The summed E-state index contributed by atoms with van der Waals surface area (Å²) in [6.45, 7) is 2.39. The van der Waals surface area contributed by atoms with Crippen molar-refractivity contribution in [3.8, 4) is 67.3 Å². The summed E-state index contributed by atoms with van der Waals surface area (Å²) >= 11 is 1.85. The lowest BCUT2D eigenvalue weighted by molar-refractivity contribution is 0.716. The molecule has 2 heterocycles. The van der Waals surface area contributed by atoms with Crippen molar-refractivity contribution in [3.63, 3.8) is 0 Å². The predicted molar refractivity (Wildman–Crippen MR) is 240 cm³/mol. The first-order valence-electron chi connectivity index (χ1n) is 19.5. The van der Waals surface area contributed by atoms with Gasteiger partial charge in [0.1, 0.15) is 0 Å². The highest BCUT2D eigenvalue weighted by atomic mass is 32.1. The second kappa shape index (κ2) is 13.4. The zero-order valence-corrected chi connectivity index (χ0v) is 32.2. The fraction of sp³-hybridized carbons (Fsp3) is 0.0370. The lowest BCUT2D eigenvalue weighted by Crippen LogP contribution is -2.23. The number of benzene rings is 8. The molecule has 0 spiro atoms. The van der Waals surface area contributed by atoms with Crippen molar-refractivity contribution in [3.05, 3.63) is 217 Å². The first-order chi connectivity index (χ1) is 28.1. The van der Waals surface area contributed by atoms with Crippen molar-refractivity contribution in [1.82, 2.24) is 9.97 Å². The first kappa shape index (κ1) is 33.4. The van der Waals surface area contributed by atoms with Crippen LogP contribution < -0.4 is 0 Å². The third-order valence-electron chi connectivity index (χ3n) is 11.8. The lowest BCUT2D eigenvalue weighted by Gasteiger charge is -2.30. The van der Waals surface area contributed by atoms with Crippen LogP contribution in [0.3, 0.4) is 0 Å². The molecule has 10 aromatic rings. The summed E-state index contributed by atoms with van der Waals surface area (Å²) in [4.78, 5) is 10.4. The minimum Gasteiger partial charge on any atom is -0.228 e. The molecule has 0 radical (unpaired) electrons. The van der Waals surface area contributed by atoms with E-state index in [2.05, 4.69) is 189 Å². The van der Waals surface area contributed by atoms with Crippen LogP contribution in [-0.2, 0) is 5.41 Å². The maximum absolute atomic E-state index is 5.22. The van der Waals surface area contributed by atoms with Crippen LogP contribution in [0.5, 0.6) is 0 Å². The minimum atomic E-state index is -0.308. The van der Waals surface area contributed by atoms with Gasteiger partial charge in [-0.05, 0) is 87.3 Å². The molecule has 1 atom stereocenters. The molecule has 2 aromatic heterocycles. The molecule has 0 amide bonds. The second-order valence-electron chi connectivity index (χ2n) is 15.1. The number of hydrogen-bond acceptors (Lipinski definition) is 3. The van der Waals surface area contributed by atoms with E-state index < -0.39 is 0 Å². The van der Waals surface area contributed by atoms with Crippen molar-refractivity contribution in [1.29, 1.82) is 0 Å². The molecule has 1 aliphatic rings. The molecule has 0 aliphatic heterocycles. The molecule has 0 bridgehead atoms. The van der Waals surface area contributed by atoms with Crippen LogP contribution in [0.25, 0.3) is 87.5 Å². The molecular formula is C54H36N2S. The topological polar surface area (TPSA) is 25.8 Å². The summed E-state index contributed by atoms with van der Waals surface area (Å²) < 4.78 is 2.64. The van der Waals surface area contributed by atoms with Gasteiger partial charge in [0.15, 0.2) is 5.82 Å². The normalized spacial score (nSPS) is 14.5. The maximum atomic E-state index is 5.22. The van der Waals surface area contributed by atoms with Gasteiger partial charge in [0.05, 0.1) is 11.4 Å². The third kappa shape index (κ3) is 5.54. The Kier molecular flexibility index (Phi) is 7.84. The summed E-state index contributed by atoms with van der Waals surface area (Å²) in [7, 11) is 0. The highest BCUT2D eigenvalue weighted by Gasteiger charge is 2.42. The Hall–Kier alpha value is -6.94. The molecule has 268 valence electrons. The van der Waals surface area contributed by atoms with Crippen molar-refractivity contribution in [2.45, 2.75) is 12.3 Å².